The maximum Gasteiger partial charge on any atom is 0.323 e. The number of aliphatic carboxylic acids is 1. The largest absolute Gasteiger partial charge is 0.480 e. The van der Waals surface area contributed by atoms with Gasteiger partial charge in [-0.25, -0.2) is 0 Å². The van der Waals surface area contributed by atoms with Gasteiger partial charge in [-0.15, -0.1) is 0 Å². The molecule has 2 atom stereocenters. The average molecular weight is 286 g/mol. The van der Waals surface area contributed by atoms with Crippen molar-refractivity contribution >= 4 is 11.9 Å². The van der Waals surface area contributed by atoms with E-state index in [0.29, 0.717) is 6.42 Å². The monoisotopic (exact) mass is 286 g/mol. The molecular formula is C15H26O5. The Morgan fingerprint density at radius 2 is 1.85 bits per heavy atom. The van der Waals surface area contributed by atoms with Crippen molar-refractivity contribution in [2.24, 2.45) is 11.3 Å². The average Bonchev–Trinajstić information content (AvgIpc) is 2.49. The first kappa shape index (κ1) is 17.0. The van der Waals surface area contributed by atoms with Gasteiger partial charge in [0.15, 0.2) is 5.41 Å². The van der Waals surface area contributed by atoms with E-state index in [1.807, 2.05) is 27.7 Å². The number of carbonyl (C=O) groups excluding carboxylic acids is 1. The van der Waals surface area contributed by atoms with Crippen molar-refractivity contribution in [1.82, 2.24) is 0 Å². The van der Waals surface area contributed by atoms with Gasteiger partial charge in [0.2, 0.25) is 0 Å². The highest BCUT2D eigenvalue weighted by Crippen LogP contribution is 2.52. The first-order valence-electron chi connectivity index (χ1n) is 7.14. The molecule has 0 spiro atoms. The summed E-state index contributed by atoms with van der Waals surface area (Å²) in [6.07, 6.45) is 0.702. The van der Waals surface area contributed by atoms with Crippen molar-refractivity contribution in [3.63, 3.8) is 0 Å². The number of hydrogen-bond donors (Lipinski definition) is 1. The first-order valence-corrected chi connectivity index (χ1v) is 7.14. The van der Waals surface area contributed by atoms with Crippen molar-refractivity contribution in [2.45, 2.75) is 65.6 Å². The highest BCUT2D eigenvalue weighted by molar-refractivity contribution is 5.99. The van der Waals surface area contributed by atoms with E-state index in [4.69, 9.17) is 9.47 Å². The van der Waals surface area contributed by atoms with Crippen LogP contribution in [0.15, 0.2) is 0 Å². The summed E-state index contributed by atoms with van der Waals surface area (Å²) >= 11 is 0. The molecule has 0 aromatic rings. The maximum absolute atomic E-state index is 12.4. The molecule has 0 amide bonds. The number of ether oxygens (including phenoxy) is 2. The topological polar surface area (TPSA) is 72.8 Å². The van der Waals surface area contributed by atoms with Crippen LogP contribution < -0.4 is 0 Å². The van der Waals surface area contributed by atoms with Crippen molar-refractivity contribution in [1.29, 1.82) is 0 Å². The highest BCUT2D eigenvalue weighted by atomic mass is 16.5. The predicted octanol–water partition coefficient (Wildman–Crippen LogP) is 2.62. The van der Waals surface area contributed by atoms with Crippen molar-refractivity contribution in [2.75, 3.05) is 6.61 Å². The Kier molecular flexibility index (Phi) is 4.54. The fourth-order valence-corrected chi connectivity index (χ4v) is 3.51. The summed E-state index contributed by atoms with van der Waals surface area (Å²) in [4.78, 5) is 24.3. The minimum Gasteiger partial charge on any atom is -0.480 e. The summed E-state index contributed by atoms with van der Waals surface area (Å²) < 4.78 is 11.0. The van der Waals surface area contributed by atoms with Gasteiger partial charge in [0, 0.05) is 5.92 Å². The van der Waals surface area contributed by atoms with Crippen LogP contribution in [0, 0.1) is 11.3 Å². The van der Waals surface area contributed by atoms with Gasteiger partial charge >= 0.3 is 11.9 Å². The SMILES string of the molecule is CCOC(=O)C(CC)(C(=O)O)C1CC(C)(C)OC1(C)C. The zero-order valence-electron chi connectivity index (χ0n) is 13.3. The molecule has 0 radical (unpaired) electrons. The molecule has 116 valence electrons. The quantitative estimate of drug-likeness (QED) is 0.621. The third kappa shape index (κ3) is 2.68. The molecule has 5 nitrogen and oxygen atoms in total. The summed E-state index contributed by atoms with van der Waals surface area (Å²) in [5.74, 6) is -2.21. The lowest BCUT2D eigenvalue weighted by Gasteiger charge is -2.38. The second kappa shape index (κ2) is 5.35. The van der Waals surface area contributed by atoms with Crippen molar-refractivity contribution < 1.29 is 24.2 Å². The highest BCUT2D eigenvalue weighted by Gasteiger charge is 2.62. The zero-order chi connectivity index (χ0) is 15.8. The van der Waals surface area contributed by atoms with E-state index in [-0.39, 0.29) is 13.0 Å². The lowest BCUT2D eigenvalue weighted by molar-refractivity contribution is -0.179. The molecule has 0 aliphatic carbocycles. The summed E-state index contributed by atoms with van der Waals surface area (Å²) in [5.41, 5.74) is -2.69. The molecule has 0 bridgehead atoms. The molecule has 0 saturated carbocycles. The van der Waals surface area contributed by atoms with Crippen LogP contribution in [0.25, 0.3) is 0 Å². The molecular weight excluding hydrogens is 260 g/mol. The Morgan fingerprint density at radius 3 is 2.15 bits per heavy atom. The summed E-state index contributed by atoms with van der Waals surface area (Å²) in [7, 11) is 0. The molecule has 2 unspecified atom stereocenters. The van der Waals surface area contributed by atoms with E-state index in [1.165, 1.54) is 0 Å². The molecule has 0 aromatic carbocycles. The van der Waals surface area contributed by atoms with Crippen LogP contribution >= 0.6 is 0 Å². The number of carboxylic acid groups (broad SMARTS) is 1. The minimum absolute atomic E-state index is 0.172. The van der Waals surface area contributed by atoms with Gasteiger partial charge in [-0.1, -0.05) is 6.92 Å². The van der Waals surface area contributed by atoms with E-state index in [9.17, 15) is 14.7 Å². The van der Waals surface area contributed by atoms with Gasteiger partial charge in [0.05, 0.1) is 17.8 Å². The number of hydrogen-bond acceptors (Lipinski definition) is 4. The molecule has 1 fully saturated rings. The molecule has 1 N–H and O–H groups in total. The smallest absolute Gasteiger partial charge is 0.323 e. The van der Waals surface area contributed by atoms with Crippen LogP contribution in [0.5, 0.6) is 0 Å². The van der Waals surface area contributed by atoms with Gasteiger partial charge in [-0.3, -0.25) is 9.59 Å². The van der Waals surface area contributed by atoms with Gasteiger partial charge in [-0.05, 0) is 47.5 Å². The van der Waals surface area contributed by atoms with E-state index in [1.54, 1.807) is 13.8 Å². The number of rotatable bonds is 5. The summed E-state index contributed by atoms with van der Waals surface area (Å²) in [5, 5.41) is 9.73. The molecule has 1 aliphatic rings. The predicted molar refractivity (Wildman–Crippen MR) is 74.3 cm³/mol. The van der Waals surface area contributed by atoms with Gasteiger partial charge in [-0.2, -0.15) is 0 Å². The molecule has 1 heterocycles. The third-order valence-corrected chi connectivity index (χ3v) is 4.25. The molecule has 1 aliphatic heterocycles. The normalized spacial score (nSPS) is 26.8. The van der Waals surface area contributed by atoms with Crippen LogP contribution in [-0.2, 0) is 19.1 Å². The fraction of sp³-hybridized carbons (Fsp3) is 0.867. The lowest BCUT2D eigenvalue weighted by atomic mass is 9.65. The Hall–Kier alpha value is -1.10. The van der Waals surface area contributed by atoms with E-state index in [0.717, 1.165) is 0 Å². The van der Waals surface area contributed by atoms with Gasteiger partial charge in [0.25, 0.3) is 0 Å². The Balaban J connectivity index is 3.31. The summed E-state index contributed by atoms with van der Waals surface area (Å²) in [6, 6.07) is 0. The van der Waals surface area contributed by atoms with E-state index in [2.05, 4.69) is 0 Å². The minimum atomic E-state index is -1.55. The lowest BCUT2D eigenvalue weighted by Crippen LogP contribution is -2.52. The van der Waals surface area contributed by atoms with Crippen molar-refractivity contribution in [3.05, 3.63) is 0 Å². The van der Waals surface area contributed by atoms with Gasteiger partial charge in [0.1, 0.15) is 0 Å². The fourth-order valence-electron chi connectivity index (χ4n) is 3.51. The number of esters is 1. The molecule has 1 saturated heterocycles. The molecule has 1 rings (SSSR count). The standard InChI is InChI=1S/C15H26O5/c1-7-15(11(16)17,12(18)19-8-2)10-9-13(3,4)20-14(10,5)6/h10H,7-9H2,1-6H3,(H,16,17). The number of carbonyl (C=O) groups is 2. The van der Waals surface area contributed by atoms with Crippen LogP contribution in [-0.4, -0.2) is 34.9 Å². The van der Waals surface area contributed by atoms with E-state index < -0.39 is 34.5 Å². The Labute approximate surface area is 120 Å². The zero-order valence-corrected chi connectivity index (χ0v) is 13.3. The molecule has 20 heavy (non-hydrogen) atoms. The molecule has 0 aromatic heterocycles. The molecule has 5 heteroatoms. The Morgan fingerprint density at radius 1 is 1.30 bits per heavy atom. The van der Waals surface area contributed by atoms with Crippen LogP contribution in [0.1, 0.15) is 54.4 Å². The van der Waals surface area contributed by atoms with Crippen molar-refractivity contribution in [3.8, 4) is 0 Å². The van der Waals surface area contributed by atoms with Crippen LogP contribution in [0.4, 0.5) is 0 Å². The van der Waals surface area contributed by atoms with Crippen LogP contribution in [0.3, 0.4) is 0 Å². The van der Waals surface area contributed by atoms with Crippen LogP contribution in [0.2, 0.25) is 0 Å². The maximum atomic E-state index is 12.4. The third-order valence-electron chi connectivity index (χ3n) is 4.25. The Bertz CT molecular complexity index is 399. The second-order valence-corrected chi connectivity index (χ2v) is 6.57. The number of carboxylic acids is 1. The first-order chi connectivity index (χ1) is 9.03. The van der Waals surface area contributed by atoms with E-state index >= 15 is 0 Å². The van der Waals surface area contributed by atoms with Gasteiger partial charge < -0.3 is 14.6 Å². The summed E-state index contributed by atoms with van der Waals surface area (Å²) in [6.45, 7) is 11.1. The second-order valence-electron chi connectivity index (χ2n) is 6.57.